The van der Waals surface area contributed by atoms with E-state index in [0.29, 0.717) is 23.1 Å². The average Bonchev–Trinajstić information content (AvgIpc) is 2.80. The van der Waals surface area contributed by atoms with Crippen LogP contribution in [0.3, 0.4) is 0 Å². The molecule has 2 unspecified atom stereocenters. The van der Waals surface area contributed by atoms with Crippen molar-refractivity contribution in [2.45, 2.75) is 38.3 Å². The van der Waals surface area contributed by atoms with Crippen molar-refractivity contribution in [3.05, 3.63) is 13.2 Å². The Kier molecular flexibility index (Phi) is 8.22. The Labute approximate surface area is 161 Å². The zero-order valence-electron chi connectivity index (χ0n) is 12.8. The Morgan fingerprint density at radius 3 is 2.57 bits per heavy atom. The van der Waals surface area contributed by atoms with E-state index in [1.165, 1.54) is 11.9 Å². The van der Waals surface area contributed by atoms with E-state index in [1.807, 2.05) is 29.5 Å². The lowest BCUT2D eigenvalue weighted by Crippen LogP contribution is -2.53. The predicted octanol–water partition coefficient (Wildman–Crippen LogP) is 0.388. The molecule has 0 fully saturated rings. The number of nitrogens with two attached hydrogens (primary N) is 1. The molecule has 128 valence electrons. The average molecular weight is 547 g/mol. The molecule has 0 saturated carbocycles. The van der Waals surface area contributed by atoms with Crippen LogP contribution in [-0.4, -0.2) is 52.2 Å². The van der Waals surface area contributed by atoms with Gasteiger partial charge in [0.2, 0.25) is 18.2 Å². The summed E-state index contributed by atoms with van der Waals surface area (Å²) in [6.45, 7) is 1.91. The number of imidazole rings is 1. The molecule has 10 heteroatoms. The van der Waals surface area contributed by atoms with Crippen LogP contribution in [0.5, 0.6) is 0 Å². The van der Waals surface area contributed by atoms with Crippen LogP contribution in [0.2, 0.25) is 0 Å². The quantitative estimate of drug-likeness (QED) is 0.306. The van der Waals surface area contributed by atoms with E-state index in [0.717, 1.165) is 9.39 Å². The molecule has 0 aromatic carbocycles. The molecule has 0 aliphatic carbocycles. The summed E-state index contributed by atoms with van der Waals surface area (Å²) in [4.78, 5) is 43.6. The number of halogens is 2. The first-order valence-electron chi connectivity index (χ1n) is 6.97. The minimum atomic E-state index is -0.791. The first kappa shape index (κ1) is 20.1. The van der Waals surface area contributed by atoms with Gasteiger partial charge in [-0.05, 0) is 51.6 Å². The van der Waals surface area contributed by atoms with Crippen LogP contribution in [0.25, 0.3) is 0 Å². The zero-order valence-corrected chi connectivity index (χ0v) is 17.1. The van der Waals surface area contributed by atoms with E-state index < -0.39 is 18.0 Å². The molecule has 1 aromatic rings. The van der Waals surface area contributed by atoms with Crippen LogP contribution < -0.4 is 11.1 Å². The van der Waals surface area contributed by atoms with Crippen molar-refractivity contribution in [2.75, 3.05) is 7.05 Å². The van der Waals surface area contributed by atoms with Crippen molar-refractivity contribution in [1.29, 1.82) is 0 Å². The number of nitrogens with zero attached hydrogens (tertiary/aromatic N) is 2. The fraction of sp³-hybridized carbons (Fsp3) is 0.538. The number of carbonyl (C=O) groups excluding carboxylic acids is 3. The van der Waals surface area contributed by atoms with Gasteiger partial charge in [0, 0.05) is 13.5 Å². The predicted molar refractivity (Wildman–Crippen MR) is 101 cm³/mol. The number of rotatable bonds is 9. The highest BCUT2D eigenvalue weighted by Gasteiger charge is 2.30. The standard InChI is InChI=1S/C13H19I2N5O3/c1-3-4-9(11(16)22)20(2)12(23)8(17-6-21)5-7-10(14)19-13(15)18-7/h6,8-9H,3-5H2,1-2H3,(H2,16,22)(H,17,21)(H,18,19). The third-order valence-electron chi connectivity index (χ3n) is 3.38. The van der Waals surface area contributed by atoms with E-state index in [9.17, 15) is 14.4 Å². The first-order chi connectivity index (χ1) is 10.8. The van der Waals surface area contributed by atoms with Crippen LogP contribution in [0.4, 0.5) is 0 Å². The van der Waals surface area contributed by atoms with Crippen molar-refractivity contribution in [1.82, 2.24) is 20.2 Å². The number of hydrogen-bond acceptors (Lipinski definition) is 4. The summed E-state index contributed by atoms with van der Waals surface area (Å²) in [5.74, 6) is -0.923. The number of aromatic nitrogens is 2. The van der Waals surface area contributed by atoms with Crippen molar-refractivity contribution in [3.63, 3.8) is 0 Å². The van der Waals surface area contributed by atoms with E-state index in [4.69, 9.17) is 5.73 Å². The lowest BCUT2D eigenvalue weighted by molar-refractivity contribution is -0.140. The Morgan fingerprint density at radius 1 is 1.48 bits per heavy atom. The summed E-state index contributed by atoms with van der Waals surface area (Å²) in [5, 5.41) is 2.51. The van der Waals surface area contributed by atoms with Crippen molar-refractivity contribution in [2.24, 2.45) is 5.73 Å². The van der Waals surface area contributed by atoms with Gasteiger partial charge in [-0.1, -0.05) is 13.3 Å². The Morgan fingerprint density at radius 2 is 2.13 bits per heavy atom. The fourth-order valence-electron chi connectivity index (χ4n) is 2.20. The summed E-state index contributed by atoms with van der Waals surface area (Å²) in [6.07, 6.45) is 1.93. The van der Waals surface area contributed by atoms with Gasteiger partial charge in [-0.3, -0.25) is 14.4 Å². The molecule has 1 aromatic heterocycles. The topological polar surface area (TPSA) is 121 Å². The van der Waals surface area contributed by atoms with Gasteiger partial charge < -0.3 is 20.9 Å². The van der Waals surface area contributed by atoms with Gasteiger partial charge in [-0.15, -0.1) is 0 Å². The summed E-state index contributed by atoms with van der Waals surface area (Å²) in [7, 11) is 1.52. The Balaban J connectivity index is 2.94. The van der Waals surface area contributed by atoms with Gasteiger partial charge in [0.25, 0.3) is 0 Å². The van der Waals surface area contributed by atoms with Crippen molar-refractivity contribution < 1.29 is 14.4 Å². The van der Waals surface area contributed by atoms with Crippen molar-refractivity contribution in [3.8, 4) is 0 Å². The summed E-state index contributed by atoms with van der Waals surface area (Å²) in [6, 6.07) is -1.48. The molecule has 0 saturated heterocycles. The first-order valence-corrected chi connectivity index (χ1v) is 9.13. The number of aromatic amines is 1. The molecule has 1 heterocycles. The van der Waals surface area contributed by atoms with E-state index >= 15 is 0 Å². The molecule has 2 atom stereocenters. The number of likely N-dealkylation sites (N-methyl/N-ethyl adjacent to an activating group) is 1. The zero-order chi connectivity index (χ0) is 17.6. The molecule has 0 bridgehead atoms. The SMILES string of the molecule is CCCC(C(N)=O)N(C)C(=O)C(Cc1[nH]c(I)nc1I)NC=O. The molecular formula is C13H19I2N5O3. The second-order valence-electron chi connectivity index (χ2n) is 4.99. The normalized spacial score (nSPS) is 13.2. The van der Waals surface area contributed by atoms with E-state index in [1.54, 1.807) is 0 Å². The van der Waals surface area contributed by atoms with Crippen LogP contribution in [-0.2, 0) is 20.8 Å². The van der Waals surface area contributed by atoms with Gasteiger partial charge in [0.05, 0.1) is 5.69 Å². The van der Waals surface area contributed by atoms with Crippen LogP contribution in [0.15, 0.2) is 0 Å². The van der Waals surface area contributed by atoms with Gasteiger partial charge in [-0.2, -0.15) is 0 Å². The van der Waals surface area contributed by atoms with Crippen LogP contribution in [0.1, 0.15) is 25.5 Å². The highest BCUT2D eigenvalue weighted by Crippen LogP contribution is 2.15. The maximum Gasteiger partial charge on any atom is 0.245 e. The maximum absolute atomic E-state index is 12.6. The van der Waals surface area contributed by atoms with Crippen LogP contribution >= 0.6 is 45.2 Å². The number of nitrogens with one attached hydrogen (secondary N) is 2. The minimum Gasteiger partial charge on any atom is -0.368 e. The Bertz CT molecular complexity index is 578. The molecule has 0 aliphatic rings. The summed E-state index contributed by atoms with van der Waals surface area (Å²) >= 11 is 4.10. The van der Waals surface area contributed by atoms with Crippen molar-refractivity contribution >= 4 is 63.4 Å². The largest absolute Gasteiger partial charge is 0.368 e. The number of H-pyrrole nitrogens is 1. The van der Waals surface area contributed by atoms with Gasteiger partial charge in [0.1, 0.15) is 15.8 Å². The Hall–Kier alpha value is -0.920. The third-order valence-corrected chi connectivity index (χ3v) is 4.78. The fourth-order valence-corrected chi connectivity index (χ4v) is 3.82. The highest BCUT2D eigenvalue weighted by atomic mass is 127. The van der Waals surface area contributed by atoms with Gasteiger partial charge in [-0.25, -0.2) is 4.98 Å². The molecule has 0 spiro atoms. The molecule has 8 nitrogen and oxygen atoms in total. The lowest BCUT2D eigenvalue weighted by Gasteiger charge is -2.29. The summed E-state index contributed by atoms with van der Waals surface area (Å²) in [5.41, 5.74) is 6.13. The summed E-state index contributed by atoms with van der Waals surface area (Å²) < 4.78 is 1.44. The van der Waals surface area contributed by atoms with E-state index in [-0.39, 0.29) is 12.3 Å². The molecule has 1 rings (SSSR count). The number of primary amides is 1. The van der Waals surface area contributed by atoms with E-state index in [2.05, 4.69) is 37.9 Å². The monoisotopic (exact) mass is 547 g/mol. The molecule has 3 amide bonds. The third kappa shape index (κ3) is 5.58. The highest BCUT2D eigenvalue weighted by molar-refractivity contribution is 14.1. The minimum absolute atomic E-state index is 0.258. The maximum atomic E-state index is 12.6. The number of amides is 3. The number of hydrogen-bond donors (Lipinski definition) is 3. The molecule has 0 aliphatic heterocycles. The number of carbonyl (C=O) groups is 3. The van der Waals surface area contributed by atoms with Gasteiger partial charge in [0.15, 0.2) is 3.83 Å². The smallest absolute Gasteiger partial charge is 0.245 e. The van der Waals surface area contributed by atoms with Crippen LogP contribution in [0, 0.1) is 7.53 Å². The lowest BCUT2D eigenvalue weighted by atomic mass is 10.1. The second kappa shape index (κ2) is 9.39. The second-order valence-corrected chi connectivity index (χ2v) is 7.04. The molecule has 23 heavy (non-hydrogen) atoms. The molecular weight excluding hydrogens is 528 g/mol. The molecule has 4 N–H and O–H groups in total. The van der Waals surface area contributed by atoms with Gasteiger partial charge >= 0.3 is 0 Å². The molecule has 0 radical (unpaired) electrons.